The van der Waals surface area contributed by atoms with Crippen molar-refractivity contribution in [3.05, 3.63) is 0 Å². The molecule has 0 bridgehead atoms. The highest BCUT2D eigenvalue weighted by atomic mass is 32.1. The van der Waals surface area contributed by atoms with Crippen LogP contribution in [-0.2, 0) is 14.4 Å². The highest BCUT2D eigenvalue weighted by Gasteiger charge is 2.16. The Hall–Kier alpha value is -0.970. The smallest absolute Gasteiger partial charge is 0.333 e. The van der Waals surface area contributed by atoms with Gasteiger partial charge in [0.1, 0.15) is 0 Å². The van der Waals surface area contributed by atoms with Gasteiger partial charge in [-0.25, -0.2) is 4.79 Å². The topological polar surface area (TPSA) is 136 Å². The number of carbonyl (C=O) groups is 3. The van der Waals surface area contributed by atoms with Gasteiger partial charge in [-0.15, -0.1) is 0 Å². The van der Waals surface area contributed by atoms with Crippen LogP contribution in [0.4, 0.5) is 0 Å². The third kappa shape index (κ3) is 17.0. The summed E-state index contributed by atoms with van der Waals surface area (Å²) in [5.74, 6) is -1.40. The zero-order chi connectivity index (χ0) is 16.0. The number of hydrogen-bond acceptors (Lipinski definition) is 7. The molecule has 20 heavy (non-hydrogen) atoms. The SMILES string of the molecule is O=C(CNCCS)NCCS.O=C(O)CC(O)C(=O)O. The lowest BCUT2D eigenvalue weighted by Crippen LogP contribution is -2.35. The number of thiol groups is 2. The number of rotatable bonds is 9. The maximum atomic E-state index is 10.8. The number of aliphatic hydroxyl groups is 1. The molecule has 0 aromatic heterocycles. The minimum absolute atomic E-state index is 0.0147. The van der Waals surface area contributed by atoms with Crippen molar-refractivity contribution in [2.24, 2.45) is 0 Å². The third-order valence-corrected chi connectivity index (χ3v) is 2.11. The van der Waals surface area contributed by atoms with Crippen LogP contribution in [0.3, 0.4) is 0 Å². The van der Waals surface area contributed by atoms with Crippen molar-refractivity contribution in [1.82, 2.24) is 10.6 Å². The van der Waals surface area contributed by atoms with E-state index in [1.807, 2.05) is 0 Å². The first kappa shape index (κ1) is 21.3. The average Bonchev–Trinajstić information content (AvgIpc) is 2.36. The van der Waals surface area contributed by atoms with Gasteiger partial charge in [-0.05, 0) is 0 Å². The molecular weight excluding hydrogens is 308 g/mol. The number of carboxylic acid groups (broad SMARTS) is 2. The molecule has 1 atom stereocenters. The lowest BCUT2D eigenvalue weighted by Gasteiger charge is -2.03. The summed E-state index contributed by atoms with van der Waals surface area (Å²) in [5, 5.41) is 29.8. The van der Waals surface area contributed by atoms with Crippen molar-refractivity contribution in [3.8, 4) is 0 Å². The largest absolute Gasteiger partial charge is 0.481 e. The lowest BCUT2D eigenvalue weighted by atomic mass is 10.3. The molecule has 0 aliphatic rings. The Bertz CT molecular complexity index is 303. The molecule has 0 fully saturated rings. The normalized spacial score (nSPS) is 10.9. The summed E-state index contributed by atoms with van der Waals surface area (Å²) in [6, 6.07) is 0. The maximum absolute atomic E-state index is 10.8. The van der Waals surface area contributed by atoms with Gasteiger partial charge in [-0.2, -0.15) is 25.3 Å². The predicted molar refractivity (Wildman–Crippen MR) is 79.5 cm³/mol. The Balaban J connectivity index is 0. The quantitative estimate of drug-likeness (QED) is 0.201. The highest BCUT2D eigenvalue weighted by molar-refractivity contribution is 7.80. The van der Waals surface area contributed by atoms with E-state index in [1.165, 1.54) is 0 Å². The van der Waals surface area contributed by atoms with Crippen molar-refractivity contribution in [2.75, 3.05) is 31.1 Å². The Morgan fingerprint density at radius 1 is 1.05 bits per heavy atom. The highest BCUT2D eigenvalue weighted by Crippen LogP contribution is 1.89. The fraction of sp³-hybridized carbons (Fsp3) is 0.700. The second kappa shape index (κ2) is 14.4. The molecular formula is C10H20N2O6S2. The molecule has 0 saturated carbocycles. The number of nitrogens with one attached hydrogen (secondary N) is 2. The van der Waals surface area contributed by atoms with Crippen molar-refractivity contribution in [2.45, 2.75) is 12.5 Å². The summed E-state index contributed by atoms with van der Waals surface area (Å²) >= 11 is 7.94. The Morgan fingerprint density at radius 2 is 1.60 bits per heavy atom. The van der Waals surface area contributed by atoms with Crippen LogP contribution in [0.1, 0.15) is 6.42 Å². The Kier molecular flexibility index (Phi) is 15.4. The first-order valence-electron chi connectivity index (χ1n) is 5.66. The minimum Gasteiger partial charge on any atom is -0.481 e. The molecule has 0 radical (unpaired) electrons. The molecule has 0 saturated heterocycles. The molecule has 0 spiro atoms. The fourth-order valence-electron chi connectivity index (χ4n) is 0.792. The molecule has 1 amide bonds. The van der Waals surface area contributed by atoms with E-state index in [4.69, 9.17) is 15.3 Å². The fourth-order valence-corrected chi connectivity index (χ4v) is 1.06. The van der Waals surface area contributed by atoms with Crippen molar-refractivity contribution >= 4 is 43.1 Å². The van der Waals surface area contributed by atoms with Crippen LogP contribution in [0, 0.1) is 0 Å². The number of carboxylic acids is 2. The monoisotopic (exact) mass is 328 g/mol. The molecule has 5 N–H and O–H groups in total. The number of amides is 1. The number of carbonyl (C=O) groups excluding carboxylic acids is 1. The summed E-state index contributed by atoms with van der Waals surface area (Å²) in [4.78, 5) is 30.3. The molecule has 0 heterocycles. The molecule has 8 nitrogen and oxygen atoms in total. The molecule has 10 heteroatoms. The van der Waals surface area contributed by atoms with Crippen molar-refractivity contribution in [3.63, 3.8) is 0 Å². The van der Waals surface area contributed by atoms with E-state index in [1.54, 1.807) is 0 Å². The van der Waals surface area contributed by atoms with Crippen LogP contribution in [0.2, 0.25) is 0 Å². The van der Waals surface area contributed by atoms with Crippen molar-refractivity contribution in [1.29, 1.82) is 0 Å². The van der Waals surface area contributed by atoms with E-state index in [9.17, 15) is 14.4 Å². The first-order valence-corrected chi connectivity index (χ1v) is 6.93. The number of aliphatic carboxylic acids is 2. The van der Waals surface area contributed by atoms with Gasteiger partial charge < -0.3 is 26.0 Å². The summed E-state index contributed by atoms with van der Waals surface area (Å²) in [6.07, 6.45) is -2.54. The number of hydrogen-bond donors (Lipinski definition) is 7. The van der Waals surface area contributed by atoms with Gasteiger partial charge in [-0.1, -0.05) is 0 Å². The number of aliphatic hydroxyl groups excluding tert-OH is 1. The molecule has 0 rings (SSSR count). The van der Waals surface area contributed by atoms with Crippen LogP contribution < -0.4 is 10.6 Å². The van der Waals surface area contributed by atoms with Gasteiger partial charge in [0, 0.05) is 24.6 Å². The standard InChI is InChI=1S/C6H14N2OS2.C4H6O5/c9-6(8-2-4-11)5-7-1-3-10;5-2(4(8)9)1-3(6)7/h7,10-11H,1-5H2,(H,8,9);2,5H,1H2,(H,6,7)(H,8,9). The maximum Gasteiger partial charge on any atom is 0.333 e. The summed E-state index contributed by atoms with van der Waals surface area (Å²) in [5.41, 5.74) is 0. The second-order valence-corrected chi connectivity index (χ2v) is 4.32. The van der Waals surface area contributed by atoms with Gasteiger partial charge in [0.25, 0.3) is 0 Å². The van der Waals surface area contributed by atoms with Crippen LogP contribution in [0.15, 0.2) is 0 Å². The molecule has 0 aliphatic carbocycles. The average molecular weight is 328 g/mol. The predicted octanol–water partition coefficient (Wildman–Crippen LogP) is -1.54. The van der Waals surface area contributed by atoms with E-state index in [2.05, 4.69) is 35.9 Å². The molecule has 0 aliphatic heterocycles. The summed E-state index contributed by atoms with van der Waals surface area (Å²) in [7, 11) is 0. The molecule has 1 unspecified atom stereocenters. The second-order valence-electron chi connectivity index (χ2n) is 3.43. The van der Waals surface area contributed by atoms with Gasteiger partial charge >= 0.3 is 11.9 Å². The van der Waals surface area contributed by atoms with Crippen molar-refractivity contribution < 1.29 is 29.7 Å². The van der Waals surface area contributed by atoms with E-state index < -0.39 is 24.5 Å². The Morgan fingerprint density at radius 3 is 1.95 bits per heavy atom. The summed E-state index contributed by atoms with van der Waals surface area (Å²) < 4.78 is 0. The lowest BCUT2D eigenvalue weighted by molar-refractivity contribution is -0.152. The Labute approximate surface area is 127 Å². The first-order chi connectivity index (χ1) is 9.34. The molecule has 0 aromatic rings. The van der Waals surface area contributed by atoms with Crippen LogP contribution >= 0.6 is 25.3 Å². The van der Waals surface area contributed by atoms with Gasteiger partial charge in [0.2, 0.25) is 5.91 Å². The van der Waals surface area contributed by atoms with Gasteiger partial charge in [0.15, 0.2) is 6.10 Å². The van der Waals surface area contributed by atoms with E-state index in [0.29, 0.717) is 18.8 Å². The molecule has 0 aromatic carbocycles. The van der Waals surface area contributed by atoms with E-state index in [0.717, 1.165) is 12.3 Å². The van der Waals surface area contributed by atoms with Gasteiger partial charge in [-0.3, -0.25) is 9.59 Å². The molecule has 118 valence electrons. The zero-order valence-corrected chi connectivity index (χ0v) is 12.6. The van der Waals surface area contributed by atoms with Crippen LogP contribution in [0.25, 0.3) is 0 Å². The van der Waals surface area contributed by atoms with E-state index >= 15 is 0 Å². The van der Waals surface area contributed by atoms with Gasteiger partial charge in [0.05, 0.1) is 13.0 Å². The minimum atomic E-state index is -1.79. The van der Waals surface area contributed by atoms with Crippen LogP contribution in [-0.4, -0.2) is 70.4 Å². The zero-order valence-electron chi connectivity index (χ0n) is 10.8. The third-order valence-electron chi connectivity index (χ3n) is 1.66. The van der Waals surface area contributed by atoms with E-state index in [-0.39, 0.29) is 5.91 Å². The van der Waals surface area contributed by atoms with Crippen LogP contribution in [0.5, 0.6) is 0 Å². The summed E-state index contributed by atoms with van der Waals surface area (Å²) in [6.45, 7) is 1.76.